The summed E-state index contributed by atoms with van der Waals surface area (Å²) in [5.74, 6) is -0.633. The summed E-state index contributed by atoms with van der Waals surface area (Å²) in [7, 11) is -4.01. The molecule has 0 aliphatic carbocycles. The summed E-state index contributed by atoms with van der Waals surface area (Å²) in [4.78, 5) is 33.2. The van der Waals surface area contributed by atoms with E-state index in [1.807, 2.05) is 0 Å². The molecule has 2 aromatic heterocycles. The van der Waals surface area contributed by atoms with Crippen molar-refractivity contribution in [1.29, 1.82) is 0 Å². The first-order chi connectivity index (χ1) is 15.3. The number of fused-ring (bicyclic) bond motifs is 1. The van der Waals surface area contributed by atoms with E-state index in [9.17, 15) is 18.0 Å². The van der Waals surface area contributed by atoms with Crippen LogP contribution < -0.4 is 10.1 Å². The van der Waals surface area contributed by atoms with E-state index in [1.54, 1.807) is 50.5 Å². The molecule has 0 saturated carbocycles. The predicted molar refractivity (Wildman–Crippen MR) is 116 cm³/mol. The summed E-state index contributed by atoms with van der Waals surface area (Å²) in [5.41, 5.74) is 1.02. The van der Waals surface area contributed by atoms with Gasteiger partial charge in [-0.05, 0) is 61.9 Å². The fourth-order valence-electron chi connectivity index (χ4n) is 3.32. The second-order valence-electron chi connectivity index (χ2n) is 7.36. The number of nitrogens with one attached hydrogen (secondary N) is 1. The van der Waals surface area contributed by atoms with Crippen molar-refractivity contribution in [1.82, 2.24) is 14.3 Å². The van der Waals surface area contributed by atoms with E-state index in [2.05, 4.69) is 15.3 Å². The normalized spacial score (nSPS) is 14.3. The smallest absolute Gasteiger partial charge is 0.269 e. The summed E-state index contributed by atoms with van der Waals surface area (Å²) in [6.07, 6.45) is 4.80. The SMILES string of the molecule is CC(C)N1C(=O)c2ccc(C(=O)Nc3ncccc3OCc3ccncc3)cc2S1(=O)=O. The maximum Gasteiger partial charge on any atom is 0.269 e. The first kappa shape index (κ1) is 21.4. The van der Waals surface area contributed by atoms with E-state index in [0.717, 1.165) is 9.87 Å². The first-order valence-electron chi connectivity index (χ1n) is 9.80. The summed E-state index contributed by atoms with van der Waals surface area (Å²) in [6.45, 7) is 3.48. The molecule has 0 fully saturated rings. The number of pyridine rings is 2. The van der Waals surface area contributed by atoms with Crippen molar-refractivity contribution in [3.8, 4) is 5.75 Å². The molecule has 2 amide bonds. The number of ether oxygens (including phenoxy) is 1. The number of hydrogen-bond donors (Lipinski definition) is 1. The number of carbonyl (C=O) groups is 2. The molecule has 164 valence electrons. The topological polar surface area (TPSA) is 119 Å². The second kappa shape index (κ2) is 8.39. The number of carbonyl (C=O) groups excluding carboxylic acids is 2. The summed E-state index contributed by atoms with van der Waals surface area (Å²) >= 11 is 0. The van der Waals surface area contributed by atoms with Crippen molar-refractivity contribution in [3.05, 3.63) is 77.7 Å². The Kier molecular flexibility index (Phi) is 5.62. The van der Waals surface area contributed by atoms with E-state index in [1.165, 1.54) is 24.4 Å². The number of aromatic nitrogens is 2. The van der Waals surface area contributed by atoms with Crippen LogP contribution in [0, 0.1) is 0 Å². The van der Waals surface area contributed by atoms with E-state index in [-0.39, 0.29) is 28.4 Å². The minimum atomic E-state index is -4.01. The molecule has 3 heterocycles. The molecule has 32 heavy (non-hydrogen) atoms. The molecule has 4 rings (SSSR count). The molecule has 3 aromatic rings. The van der Waals surface area contributed by atoms with Gasteiger partial charge in [0.25, 0.3) is 21.8 Å². The molecule has 1 aliphatic rings. The molecule has 0 spiro atoms. The zero-order chi connectivity index (χ0) is 22.9. The molecule has 0 saturated heterocycles. The molecule has 0 bridgehead atoms. The second-order valence-corrected chi connectivity index (χ2v) is 9.14. The van der Waals surface area contributed by atoms with Crippen LogP contribution in [-0.2, 0) is 16.6 Å². The van der Waals surface area contributed by atoms with Crippen LogP contribution in [0.4, 0.5) is 5.82 Å². The van der Waals surface area contributed by atoms with Gasteiger partial charge in [0.2, 0.25) is 0 Å². The van der Waals surface area contributed by atoms with Gasteiger partial charge in [-0.15, -0.1) is 0 Å². The highest BCUT2D eigenvalue weighted by Gasteiger charge is 2.42. The molecule has 10 heteroatoms. The van der Waals surface area contributed by atoms with E-state index in [0.29, 0.717) is 5.75 Å². The standard InChI is InChI=1S/C22H20N4O5S/c1-14(2)26-22(28)17-6-5-16(12-19(17)32(26,29)30)21(27)25-20-18(4-3-9-24-20)31-13-15-7-10-23-11-8-15/h3-12,14H,13H2,1-2H3,(H,24,25,27). The first-order valence-corrected chi connectivity index (χ1v) is 11.2. The predicted octanol–water partition coefficient (Wildman–Crippen LogP) is 2.86. The molecule has 0 unspecified atom stereocenters. The highest BCUT2D eigenvalue weighted by atomic mass is 32.2. The molecule has 1 aromatic carbocycles. The monoisotopic (exact) mass is 452 g/mol. The van der Waals surface area contributed by atoms with Gasteiger partial charge in [0.1, 0.15) is 11.5 Å². The zero-order valence-electron chi connectivity index (χ0n) is 17.3. The highest BCUT2D eigenvalue weighted by Crippen LogP contribution is 2.33. The Hall–Kier alpha value is -3.79. The molecule has 1 N–H and O–H groups in total. The third-order valence-corrected chi connectivity index (χ3v) is 6.83. The number of anilines is 1. The van der Waals surface area contributed by atoms with E-state index in [4.69, 9.17) is 4.74 Å². The fraction of sp³-hybridized carbons (Fsp3) is 0.182. The molecular weight excluding hydrogens is 432 g/mol. The van der Waals surface area contributed by atoms with Crippen LogP contribution >= 0.6 is 0 Å². The molecule has 1 aliphatic heterocycles. The molecular formula is C22H20N4O5S. The third kappa shape index (κ3) is 3.92. The molecule has 9 nitrogen and oxygen atoms in total. The summed E-state index contributed by atoms with van der Waals surface area (Å²) in [6, 6.07) is 10.4. The van der Waals surface area contributed by atoms with Gasteiger partial charge >= 0.3 is 0 Å². The third-order valence-electron chi connectivity index (χ3n) is 4.83. The van der Waals surface area contributed by atoms with Crippen LogP contribution in [-0.4, -0.2) is 40.5 Å². The van der Waals surface area contributed by atoms with Crippen molar-refractivity contribution >= 4 is 27.7 Å². The van der Waals surface area contributed by atoms with Crippen LogP contribution in [0.3, 0.4) is 0 Å². The van der Waals surface area contributed by atoms with Crippen LogP contribution in [0.1, 0.15) is 40.1 Å². The zero-order valence-corrected chi connectivity index (χ0v) is 18.2. The Bertz CT molecular complexity index is 1290. The average molecular weight is 452 g/mol. The van der Waals surface area contributed by atoms with Crippen molar-refractivity contribution in [3.63, 3.8) is 0 Å². The number of sulfonamides is 1. The van der Waals surface area contributed by atoms with Gasteiger partial charge in [-0.3, -0.25) is 14.6 Å². The lowest BCUT2D eigenvalue weighted by Crippen LogP contribution is -2.36. The quantitative estimate of drug-likeness (QED) is 0.611. The Labute approximate surface area is 185 Å². The minimum Gasteiger partial charge on any atom is -0.485 e. The van der Waals surface area contributed by atoms with Gasteiger partial charge < -0.3 is 10.1 Å². The lowest BCUT2D eigenvalue weighted by atomic mass is 10.1. The highest BCUT2D eigenvalue weighted by molar-refractivity contribution is 7.90. The van der Waals surface area contributed by atoms with Gasteiger partial charge in [0, 0.05) is 30.2 Å². The summed E-state index contributed by atoms with van der Waals surface area (Å²) < 4.78 is 32.2. The fourth-order valence-corrected chi connectivity index (χ4v) is 5.11. The number of amides is 2. The average Bonchev–Trinajstić information content (AvgIpc) is 2.98. The number of nitrogens with zero attached hydrogens (tertiary/aromatic N) is 3. The van der Waals surface area contributed by atoms with Crippen molar-refractivity contribution in [2.75, 3.05) is 5.32 Å². The number of hydrogen-bond acceptors (Lipinski definition) is 7. The van der Waals surface area contributed by atoms with Crippen molar-refractivity contribution < 1.29 is 22.7 Å². The van der Waals surface area contributed by atoms with Crippen molar-refractivity contribution in [2.45, 2.75) is 31.4 Å². The van der Waals surface area contributed by atoms with Gasteiger partial charge in [-0.25, -0.2) is 17.7 Å². The molecule has 0 atom stereocenters. The maximum atomic E-state index is 12.8. The van der Waals surface area contributed by atoms with Gasteiger partial charge in [0.05, 0.1) is 5.56 Å². The summed E-state index contributed by atoms with van der Waals surface area (Å²) in [5, 5.41) is 2.65. The number of benzene rings is 1. The van der Waals surface area contributed by atoms with Gasteiger partial charge in [-0.2, -0.15) is 0 Å². The van der Waals surface area contributed by atoms with Crippen molar-refractivity contribution in [2.24, 2.45) is 0 Å². The Morgan fingerprint density at radius 1 is 1.12 bits per heavy atom. The molecule has 0 radical (unpaired) electrons. The van der Waals surface area contributed by atoms with Crippen LogP contribution in [0.2, 0.25) is 0 Å². The van der Waals surface area contributed by atoms with E-state index >= 15 is 0 Å². The van der Waals surface area contributed by atoms with Gasteiger partial charge in [0.15, 0.2) is 11.6 Å². The largest absolute Gasteiger partial charge is 0.485 e. The minimum absolute atomic E-state index is 0.0504. The van der Waals surface area contributed by atoms with Gasteiger partial charge in [-0.1, -0.05) is 0 Å². The van der Waals surface area contributed by atoms with Crippen LogP contribution in [0.15, 0.2) is 66.0 Å². The Morgan fingerprint density at radius 3 is 2.59 bits per heavy atom. The maximum absolute atomic E-state index is 12.8. The number of rotatable bonds is 6. The Morgan fingerprint density at radius 2 is 1.88 bits per heavy atom. The lowest BCUT2D eigenvalue weighted by molar-refractivity contribution is 0.0846. The van der Waals surface area contributed by atoms with E-state index < -0.39 is 27.9 Å². The van der Waals surface area contributed by atoms with Crippen LogP contribution in [0.25, 0.3) is 0 Å². The Balaban J connectivity index is 1.57. The van der Waals surface area contributed by atoms with Crippen LogP contribution in [0.5, 0.6) is 5.75 Å². The lowest BCUT2D eigenvalue weighted by Gasteiger charge is -2.18.